The lowest BCUT2D eigenvalue weighted by Gasteiger charge is -2.22. The van der Waals surface area contributed by atoms with E-state index in [1.807, 2.05) is 13.1 Å². The van der Waals surface area contributed by atoms with Crippen LogP contribution < -0.4 is 5.32 Å². The van der Waals surface area contributed by atoms with Crippen LogP contribution >= 0.6 is 11.3 Å². The summed E-state index contributed by atoms with van der Waals surface area (Å²) in [5, 5.41) is 4.63. The molecule has 0 radical (unpaired) electrons. The second-order valence-corrected chi connectivity index (χ2v) is 6.82. The summed E-state index contributed by atoms with van der Waals surface area (Å²) >= 11 is 1.80. The number of hydrogen-bond donors (Lipinski definition) is 1. The molecular formula is C18H26N4S. The van der Waals surface area contributed by atoms with Crippen molar-refractivity contribution in [3.63, 3.8) is 0 Å². The Balaban J connectivity index is 1.84. The number of aliphatic imine (C=N–C) groups is 1. The van der Waals surface area contributed by atoms with Crippen LogP contribution in [0, 0.1) is 6.92 Å². The number of thiazole rings is 1. The lowest BCUT2D eigenvalue weighted by atomic mass is 10.2. The van der Waals surface area contributed by atoms with Crippen molar-refractivity contribution in [1.29, 1.82) is 0 Å². The molecule has 0 saturated carbocycles. The number of aromatic nitrogens is 1. The Labute approximate surface area is 143 Å². The molecule has 0 bridgehead atoms. The van der Waals surface area contributed by atoms with Crippen LogP contribution in [0.1, 0.15) is 28.1 Å². The first-order valence-electron chi connectivity index (χ1n) is 8.05. The Morgan fingerprint density at radius 2 is 2.04 bits per heavy atom. The molecule has 0 amide bonds. The van der Waals surface area contributed by atoms with Crippen LogP contribution in [-0.2, 0) is 19.4 Å². The van der Waals surface area contributed by atoms with Crippen molar-refractivity contribution in [3.8, 4) is 0 Å². The van der Waals surface area contributed by atoms with Gasteiger partial charge >= 0.3 is 0 Å². The second kappa shape index (κ2) is 8.67. The minimum atomic E-state index is 0.844. The average molecular weight is 331 g/mol. The van der Waals surface area contributed by atoms with E-state index in [1.165, 1.54) is 21.1 Å². The van der Waals surface area contributed by atoms with Crippen LogP contribution in [0.4, 0.5) is 0 Å². The molecule has 2 rings (SSSR count). The molecule has 0 aliphatic carbocycles. The van der Waals surface area contributed by atoms with Crippen molar-refractivity contribution in [2.75, 3.05) is 20.6 Å². The predicted octanol–water partition coefficient (Wildman–Crippen LogP) is 3.26. The summed E-state index contributed by atoms with van der Waals surface area (Å²) in [4.78, 5) is 12.5. The first-order valence-corrected chi connectivity index (χ1v) is 8.86. The Morgan fingerprint density at radius 1 is 1.30 bits per heavy atom. The van der Waals surface area contributed by atoms with Gasteiger partial charge in [0.2, 0.25) is 0 Å². The highest BCUT2D eigenvalue weighted by molar-refractivity contribution is 7.11. The van der Waals surface area contributed by atoms with Gasteiger partial charge in [0.1, 0.15) is 0 Å². The van der Waals surface area contributed by atoms with Gasteiger partial charge in [0.25, 0.3) is 0 Å². The van der Waals surface area contributed by atoms with E-state index in [1.54, 1.807) is 11.3 Å². The fourth-order valence-electron chi connectivity index (χ4n) is 2.52. The molecule has 1 aromatic carbocycles. The van der Waals surface area contributed by atoms with Crippen molar-refractivity contribution in [3.05, 3.63) is 51.5 Å². The molecule has 23 heavy (non-hydrogen) atoms. The third-order valence-corrected chi connectivity index (χ3v) is 4.80. The summed E-state index contributed by atoms with van der Waals surface area (Å²) < 4.78 is 0. The van der Waals surface area contributed by atoms with Gasteiger partial charge in [-0.3, -0.25) is 4.99 Å². The Morgan fingerprint density at radius 3 is 2.65 bits per heavy atom. The summed E-state index contributed by atoms with van der Waals surface area (Å²) in [6, 6.07) is 10.4. The van der Waals surface area contributed by atoms with Crippen LogP contribution in [-0.4, -0.2) is 36.5 Å². The number of hydrogen-bond acceptors (Lipinski definition) is 3. The average Bonchev–Trinajstić information content (AvgIpc) is 2.92. The summed E-state index contributed by atoms with van der Waals surface area (Å²) in [6.07, 6.45) is 1.95. The van der Waals surface area contributed by atoms with Crippen LogP contribution in [0.2, 0.25) is 0 Å². The molecule has 0 fully saturated rings. The molecular weight excluding hydrogens is 304 g/mol. The van der Waals surface area contributed by atoms with Crippen molar-refractivity contribution >= 4 is 17.3 Å². The molecule has 0 saturated heterocycles. The topological polar surface area (TPSA) is 40.5 Å². The van der Waals surface area contributed by atoms with Gasteiger partial charge in [-0.25, -0.2) is 4.98 Å². The number of rotatable bonds is 6. The van der Waals surface area contributed by atoms with E-state index in [0.717, 1.165) is 31.9 Å². The van der Waals surface area contributed by atoms with Crippen LogP contribution in [0.15, 0.2) is 35.3 Å². The lowest BCUT2D eigenvalue weighted by Crippen LogP contribution is -2.39. The van der Waals surface area contributed by atoms with Gasteiger partial charge in [-0.15, -0.1) is 11.3 Å². The van der Waals surface area contributed by atoms with E-state index >= 15 is 0 Å². The summed E-state index contributed by atoms with van der Waals surface area (Å²) in [5.41, 5.74) is 2.51. The molecule has 0 unspecified atom stereocenters. The fourth-order valence-corrected chi connectivity index (χ4v) is 3.54. The Bertz CT molecular complexity index is 634. The molecule has 0 aliphatic heterocycles. The van der Waals surface area contributed by atoms with Crippen molar-refractivity contribution in [1.82, 2.24) is 15.2 Å². The van der Waals surface area contributed by atoms with E-state index in [0.29, 0.717) is 0 Å². The zero-order valence-electron chi connectivity index (χ0n) is 14.5. The van der Waals surface area contributed by atoms with Crippen LogP contribution in [0.5, 0.6) is 0 Å². The van der Waals surface area contributed by atoms with Crippen molar-refractivity contribution < 1.29 is 0 Å². The van der Waals surface area contributed by atoms with Gasteiger partial charge in [0, 0.05) is 38.5 Å². The van der Waals surface area contributed by atoms with Gasteiger partial charge in [0.05, 0.1) is 10.7 Å². The molecule has 5 heteroatoms. The Hall–Kier alpha value is -1.88. The number of nitrogens with one attached hydrogen (secondary N) is 1. The minimum absolute atomic E-state index is 0.844. The van der Waals surface area contributed by atoms with E-state index in [9.17, 15) is 0 Å². The molecule has 0 spiro atoms. The normalized spacial score (nSPS) is 11.6. The molecule has 0 atom stereocenters. The van der Waals surface area contributed by atoms with Gasteiger partial charge in [-0.2, -0.15) is 0 Å². The summed E-state index contributed by atoms with van der Waals surface area (Å²) in [5.74, 6) is 0.915. The fraction of sp³-hybridized carbons (Fsp3) is 0.444. The maximum atomic E-state index is 4.69. The third kappa shape index (κ3) is 5.06. The van der Waals surface area contributed by atoms with Gasteiger partial charge in [-0.05, 0) is 18.9 Å². The summed E-state index contributed by atoms with van der Waals surface area (Å²) in [6.45, 7) is 6.00. The van der Waals surface area contributed by atoms with Crippen molar-refractivity contribution in [2.45, 2.75) is 33.2 Å². The molecule has 2 aromatic rings. The molecule has 0 aliphatic rings. The zero-order chi connectivity index (χ0) is 16.7. The van der Waals surface area contributed by atoms with E-state index in [-0.39, 0.29) is 0 Å². The van der Waals surface area contributed by atoms with Crippen LogP contribution in [0.3, 0.4) is 0 Å². The van der Waals surface area contributed by atoms with Crippen LogP contribution in [0.25, 0.3) is 0 Å². The van der Waals surface area contributed by atoms with Gasteiger partial charge in [0.15, 0.2) is 5.96 Å². The highest BCUT2D eigenvalue weighted by atomic mass is 32.1. The van der Waals surface area contributed by atoms with E-state index in [4.69, 9.17) is 0 Å². The van der Waals surface area contributed by atoms with Crippen molar-refractivity contribution in [2.24, 2.45) is 4.99 Å². The van der Waals surface area contributed by atoms with Gasteiger partial charge < -0.3 is 10.2 Å². The monoisotopic (exact) mass is 330 g/mol. The highest BCUT2D eigenvalue weighted by Gasteiger charge is 2.08. The minimum Gasteiger partial charge on any atom is -0.356 e. The molecule has 4 nitrogen and oxygen atoms in total. The molecule has 124 valence electrons. The van der Waals surface area contributed by atoms with E-state index < -0.39 is 0 Å². The first-order chi connectivity index (χ1) is 11.1. The SMILES string of the molecule is CCc1nc(CCNC(=NC)N(C)Cc2ccccc2)sc1C. The smallest absolute Gasteiger partial charge is 0.193 e. The number of benzene rings is 1. The number of guanidine groups is 1. The Kier molecular flexibility index (Phi) is 6.59. The molecule has 1 aromatic heterocycles. The summed E-state index contributed by atoms with van der Waals surface area (Å²) in [7, 11) is 3.89. The lowest BCUT2D eigenvalue weighted by molar-refractivity contribution is 0.477. The zero-order valence-corrected chi connectivity index (χ0v) is 15.3. The standard InChI is InChI=1S/C18H26N4S/c1-5-16-14(2)23-17(21-16)11-12-20-18(19-3)22(4)13-15-9-7-6-8-10-15/h6-10H,5,11-13H2,1-4H3,(H,19,20). The van der Waals surface area contributed by atoms with E-state index in [2.05, 4.69) is 65.4 Å². The van der Waals surface area contributed by atoms with Gasteiger partial charge in [-0.1, -0.05) is 37.3 Å². The maximum Gasteiger partial charge on any atom is 0.193 e. The molecule has 1 heterocycles. The molecule has 1 N–H and O–H groups in total. The highest BCUT2D eigenvalue weighted by Crippen LogP contribution is 2.18. The first kappa shape index (κ1) is 17.5. The number of nitrogens with zero attached hydrogens (tertiary/aromatic N) is 3. The quantitative estimate of drug-likeness (QED) is 0.653. The largest absolute Gasteiger partial charge is 0.356 e. The maximum absolute atomic E-state index is 4.69. The number of aryl methyl sites for hydroxylation is 2. The second-order valence-electron chi connectivity index (χ2n) is 5.53. The predicted molar refractivity (Wildman–Crippen MR) is 99.2 cm³/mol. The third-order valence-electron chi connectivity index (χ3n) is 3.73.